The van der Waals surface area contributed by atoms with Gasteiger partial charge >= 0.3 is 0 Å². The molecule has 1 saturated heterocycles. The fourth-order valence-electron chi connectivity index (χ4n) is 2.17. The van der Waals surface area contributed by atoms with E-state index in [-0.39, 0.29) is 0 Å². The molecule has 0 radical (unpaired) electrons. The topological polar surface area (TPSA) is 61.7 Å². The van der Waals surface area contributed by atoms with E-state index in [4.69, 9.17) is 4.74 Å². The first-order valence-electron chi connectivity index (χ1n) is 6.53. The predicted octanol–water partition coefficient (Wildman–Crippen LogP) is 1.61. The summed E-state index contributed by atoms with van der Waals surface area (Å²) < 4.78 is 6.22. The van der Waals surface area contributed by atoms with Crippen LogP contribution < -0.4 is 5.32 Å². The standard InChI is InChI=1S/C14H20BrNO3/c15-12-3-1-11(2-4-12)13(17)9-16-10-14(18)5-7-19-8-6-14/h1-4,13,16-18H,5-10H2/t13-/m0/s1. The van der Waals surface area contributed by atoms with Gasteiger partial charge < -0.3 is 20.3 Å². The van der Waals surface area contributed by atoms with Crippen LogP contribution in [-0.4, -0.2) is 42.1 Å². The highest BCUT2D eigenvalue weighted by molar-refractivity contribution is 9.10. The Bertz CT molecular complexity index is 390. The minimum Gasteiger partial charge on any atom is -0.388 e. The van der Waals surface area contributed by atoms with E-state index in [1.165, 1.54) is 0 Å². The molecule has 0 unspecified atom stereocenters. The Balaban J connectivity index is 1.77. The number of hydrogen-bond donors (Lipinski definition) is 3. The van der Waals surface area contributed by atoms with E-state index < -0.39 is 11.7 Å². The van der Waals surface area contributed by atoms with E-state index in [2.05, 4.69) is 21.2 Å². The summed E-state index contributed by atoms with van der Waals surface area (Å²) in [5.74, 6) is 0. The summed E-state index contributed by atoms with van der Waals surface area (Å²) in [6.45, 7) is 2.13. The number of halogens is 1. The average Bonchev–Trinajstić information content (AvgIpc) is 2.40. The van der Waals surface area contributed by atoms with E-state index >= 15 is 0 Å². The highest BCUT2D eigenvalue weighted by atomic mass is 79.9. The zero-order valence-electron chi connectivity index (χ0n) is 10.8. The van der Waals surface area contributed by atoms with Crippen LogP contribution in [0.2, 0.25) is 0 Å². The second-order valence-corrected chi connectivity index (χ2v) is 5.95. The van der Waals surface area contributed by atoms with Crippen LogP contribution in [0.5, 0.6) is 0 Å². The quantitative estimate of drug-likeness (QED) is 0.768. The SMILES string of the molecule is O[C@@H](CNCC1(O)CCOCC1)c1ccc(Br)cc1. The predicted molar refractivity (Wildman–Crippen MR) is 77.0 cm³/mol. The molecule has 19 heavy (non-hydrogen) atoms. The van der Waals surface area contributed by atoms with E-state index in [1.54, 1.807) is 0 Å². The summed E-state index contributed by atoms with van der Waals surface area (Å²) in [6.07, 6.45) is 0.736. The van der Waals surface area contributed by atoms with Gasteiger partial charge in [-0.05, 0) is 17.7 Å². The van der Waals surface area contributed by atoms with Gasteiger partial charge in [0.05, 0.1) is 11.7 Å². The zero-order chi connectivity index (χ0) is 13.7. The molecule has 1 aromatic rings. The van der Waals surface area contributed by atoms with Crippen molar-refractivity contribution in [2.45, 2.75) is 24.5 Å². The Morgan fingerprint density at radius 1 is 1.26 bits per heavy atom. The number of ether oxygens (including phenoxy) is 1. The van der Waals surface area contributed by atoms with Crippen molar-refractivity contribution < 1.29 is 14.9 Å². The van der Waals surface area contributed by atoms with Crippen LogP contribution in [0.4, 0.5) is 0 Å². The van der Waals surface area contributed by atoms with Gasteiger partial charge in [0.2, 0.25) is 0 Å². The Morgan fingerprint density at radius 3 is 2.53 bits per heavy atom. The Labute approximate surface area is 121 Å². The Morgan fingerprint density at radius 2 is 1.89 bits per heavy atom. The minimum atomic E-state index is -0.697. The first-order valence-corrected chi connectivity index (χ1v) is 7.33. The molecule has 0 amide bonds. The van der Waals surface area contributed by atoms with E-state index in [1.807, 2.05) is 24.3 Å². The van der Waals surface area contributed by atoms with Crippen molar-refractivity contribution in [3.63, 3.8) is 0 Å². The van der Waals surface area contributed by atoms with Crippen molar-refractivity contribution in [2.75, 3.05) is 26.3 Å². The van der Waals surface area contributed by atoms with E-state index in [9.17, 15) is 10.2 Å². The molecule has 1 heterocycles. The summed E-state index contributed by atoms with van der Waals surface area (Å²) in [4.78, 5) is 0. The van der Waals surface area contributed by atoms with Crippen LogP contribution in [-0.2, 0) is 4.74 Å². The molecule has 0 saturated carbocycles. The molecule has 0 aromatic heterocycles. The Kier molecular flexibility index (Phi) is 5.36. The molecule has 1 fully saturated rings. The number of benzene rings is 1. The highest BCUT2D eigenvalue weighted by Crippen LogP contribution is 2.20. The molecule has 1 aliphatic rings. The van der Waals surface area contributed by atoms with Crippen molar-refractivity contribution in [1.29, 1.82) is 0 Å². The van der Waals surface area contributed by atoms with Gasteiger partial charge in [0.15, 0.2) is 0 Å². The second-order valence-electron chi connectivity index (χ2n) is 5.03. The third-order valence-electron chi connectivity index (χ3n) is 3.47. The van der Waals surface area contributed by atoms with Crippen LogP contribution in [0.1, 0.15) is 24.5 Å². The van der Waals surface area contributed by atoms with Crippen molar-refractivity contribution in [1.82, 2.24) is 5.32 Å². The first-order chi connectivity index (χ1) is 9.09. The minimum absolute atomic E-state index is 0.435. The fraction of sp³-hybridized carbons (Fsp3) is 0.571. The molecule has 1 aromatic carbocycles. The maximum atomic E-state index is 10.3. The van der Waals surface area contributed by atoms with E-state index in [0.29, 0.717) is 39.1 Å². The van der Waals surface area contributed by atoms with Gasteiger partial charge in [-0.2, -0.15) is 0 Å². The van der Waals surface area contributed by atoms with Crippen molar-refractivity contribution in [2.24, 2.45) is 0 Å². The molecular formula is C14H20BrNO3. The van der Waals surface area contributed by atoms with Crippen molar-refractivity contribution in [3.8, 4) is 0 Å². The fourth-order valence-corrected chi connectivity index (χ4v) is 2.44. The summed E-state index contributed by atoms with van der Waals surface area (Å²) in [7, 11) is 0. The van der Waals surface area contributed by atoms with Gasteiger partial charge in [0.25, 0.3) is 0 Å². The lowest BCUT2D eigenvalue weighted by Crippen LogP contribution is -2.45. The van der Waals surface area contributed by atoms with Crippen LogP contribution in [0.3, 0.4) is 0 Å². The number of hydrogen-bond acceptors (Lipinski definition) is 4. The molecule has 3 N–H and O–H groups in total. The van der Waals surface area contributed by atoms with E-state index in [0.717, 1.165) is 10.0 Å². The van der Waals surface area contributed by atoms with Crippen molar-refractivity contribution >= 4 is 15.9 Å². The van der Waals surface area contributed by atoms with Gasteiger partial charge in [-0.3, -0.25) is 0 Å². The lowest BCUT2D eigenvalue weighted by molar-refractivity contribution is -0.0623. The first kappa shape index (κ1) is 14.9. The molecule has 5 heteroatoms. The number of aliphatic hydroxyl groups excluding tert-OH is 1. The molecule has 106 valence electrons. The third-order valence-corrected chi connectivity index (χ3v) is 4.00. The lowest BCUT2D eigenvalue weighted by atomic mass is 9.94. The van der Waals surface area contributed by atoms with Crippen LogP contribution >= 0.6 is 15.9 Å². The van der Waals surface area contributed by atoms with Crippen LogP contribution in [0, 0.1) is 0 Å². The normalized spacial score (nSPS) is 20.2. The molecule has 2 rings (SSSR count). The molecular weight excluding hydrogens is 310 g/mol. The number of aliphatic hydroxyl groups is 2. The summed E-state index contributed by atoms with van der Waals surface area (Å²) in [6, 6.07) is 7.59. The van der Waals surface area contributed by atoms with Gasteiger partial charge in [0.1, 0.15) is 0 Å². The van der Waals surface area contributed by atoms with Gasteiger partial charge in [-0.15, -0.1) is 0 Å². The Hall–Kier alpha value is -0.460. The third kappa shape index (κ3) is 4.54. The maximum Gasteiger partial charge on any atom is 0.0914 e. The summed E-state index contributed by atoms with van der Waals surface area (Å²) >= 11 is 3.36. The average molecular weight is 330 g/mol. The lowest BCUT2D eigenvalue weighted by Gasteiger charge is -2.32. The number of nitrogens with one attached hydrogen (secondary N) is 1. The van der Waals surface area contributed by atoms with Gasteiger partial charge in [0, 0.05) is 43.6 Å². The summed E-state index contributed by atoms with van der Waals surface area (Å²) in [5.41, 5.74) is 0.173. The molecule has 0 spiro atoms. The van der Waals surface area contributed by atoms with Gasteiger partial charge in [-0.25, -0.2) is 0 Å². The molecule has 1 atom stereocenters. The van der Waals surface area contributed by atoms with Crippen LogP contribution in [0.15, 0.2) is 28.7 Å². The van der Waals surface area contributed by atoms with Crippen LogP contribution in [0.25, 0.3) is 0 Å². The molecule has 4 nitrogen and oxygen atoms in total. The maximum absolute atomic E-state index is 10.3. The largest absolute Gasteiger partial charge is 0.388 e. The summed E-state index contributed by atoms with van der Waals surface area (Å²) in [5, 5.41) is 23.4. The second kappa shape index (κ2) is 6.81. The highest BCUT2D eigenvalue weighted by Gasteiger charge is 2.29. The molecule has 0 aliphatic carbocycles. The molecule has 0 bridgehead atoms. The molecule has 1 aliphatic heterocycles. The number of rotatable bonds is 5. The van der Waals surface area contributed by atoms with Gasteiger partial charge in [-0.1, -0.05) is 28.1 Å². The smallest absolute Gasteiger partial charge is 0.0914 e. The van der Waals surface area contributed by atoms with Crippen molar-refractivity contribution in [3.05, 3.63) is 34.3 Å². The monoisotopic (exact) mass is 329 g/mol. The zero-order valence-corrected chi connectivity index (χ0v) is 12.4.